The van der Waals surface area contributed by atoms with Gasteiger partial charge in [-0.1, -0.05) is 30.3 Å². The zero-order chi connectivity index (χ0) is 18.6. The topological polar surface area (TPSA) is 82.2 Å². The van der Waals surface area contributed by atoms with Gasteiger partial charge in [-0.3, -0.25) is 10.2 Å². The van der Waals surface area contributed by atoms with Crippen LogP contribution >= 0.6 is 11.3 Å². The molecule has 2 aromatic carbocycles. The Balaban J connectivity index is 1.44. The van der Waals surface area contributed by atoms with Gasteiger partial charge in [0, 0.05) is 46.2 Å². The predicted molar refractivity (Wildman–Crippen MR) is 111 cm³/mol. The fourth-order valence-electron chi connectivity index (χ4n) is 2.74. The van der Waals surface area contributed by atoms with Crippen LogP contribution in [0.25, 0.3) is 22.2 Å². The van der Waals surface area contributed by atoms with E-state index >= 15 is 0 Å². The number of aromatic amines is 1. The van der Waals surface area contributed by atoms with Crippen molar-refractivity contribution in [3.63, 3.8) is 0 Å². The van der Waals surface area contributed by atoms with Crippen LogP contribution in [0.1, 0.15) is 12.5 Å². The number of benzene rings is 2. The summed E-state index contributed by atoms with van der Waals surface area (Å²) >= 11 is 1.49. The van der Waals surface area contributed by atoms with Crippen molar-refractivity contribution in [2.24, 2.45) is 5.10 Å². The maximum Gasteiger partial charge on any atom is 0.221 e. The Morgan fingerprint density at radius 1 is 1.19 bits per heavy atom. The van der Waals surface area contributed by atoms with Crippen molar-refractivity contribution in [3.05, 3.63) is 65.7 Å². The lowest BCUT2D eigenvalue weighted by Crippen LogP contribution is -2.05. The van der Waals surface area contributed by atoms with Crippen molar-refractivity contribution in [1.29, 1.82) is 0 Å². The first-order valence-electron chi connectivity index (χ1n) is 8.38. The Morgan fingerprint density at radius 3 is 2.81 bits per heavy atom. The minimum absolute atomic E-state index is 0.0871. The lowest BCUT2D eigenvalue weighted by atomic mass is 10.1. The Kier molecular flexibility index (Phi) is 4.67. The number of hydrogen-bond donors (Lipinski definition) is 3. The molecule has 3 N–H and O–H groups in total. The normalized spacial score (nSPS) is 11.1. The summed E-state index contributed by atoms with van der Waals surface area (Å²) in [6, 6.07) is 15.7. The lowest BCUT2D eigenvalue weighted by Gasteiger charge is -2.02. The van der Waals surface area contributed by atoms with Gasteiger partial charge in [0.2, 0.25) is 11.0 Å². The molecule has 2 aromatic heterocycles. The molecule has 0 radical (unpaired) electrons. The molecule has 0 aliphatic heterocycles. The number of nitrogens with zero attached hydrogens (tertiary/aromatic N) is 2. The maximum absolute atomic E-state index is 11.1. The lowest BCUT2D eigenvalue weighted by molar-refractivity contribution is -0.114. The van der Waals surface area contributed by atoms with Gasteiger partial charge in [-0.25, -0.2) is 4.98 Å². The Morgan fingerprint density at radius 2 is 2.00 bits per heavy atom. The second-order valence-corrected chi connectivity index (χ2v) is 6.81. The standard InChI is InChI=1S/C20H17N5OS/c1-13(26)23-16-8-6-14(7-9-16)19-12-27-20(24-19)25-22-11-15-10-21-18-5-3-2-4-17(15)18/h2-12,21H,1H3,(H,23,26)(H,24,25). The van der Waals surface area contributed by atoms with E-state index in [1.165, 1.54) is 18.3 Å². The summed E-state index contributed by atoms with van der Waals surface area (Å²) in [5.41, 5.74) is 7.69. The molecule has 4 rings (SSSR count). The molecular weight excluding hydrogens is 358 g/mol. The van der Waals surface area contributed by atoms with E-state index in [0.717, 1.165) is 33.4 Å². The number of H-pyrrole nitrogens is 1. The SMILES string of the molecule is CC(=O)Nc1ccc(-c2csc(NN=Cc3c[nH]c4ccccc34)n2)cc1. The summed E-state index contributed by atoms with van der Waals surface area (Å²) in [5.74, 6) is -0.0871. The first kappa shape index (κ1) is 17.0. The van der Waals surface area contributed by atoms with E-state index in [1.807, 2.05) is 54.0 Å². The number of carbonyl (C=O) groups is 1. The van der Waals surface area contributed by atoms with Crippen molar-refractivity contribution in [2.45, 2.75) is 6.92 Å². The Bertz CT molecular complexity index is 1110. The number of fused-ring (bicyclic) bond motifs is 1. The number of hydrogen-bond acceptors (Lipinski definition) is 5. The van der Waals surface area contributed by atoms with Crippen LogP contribution in [0.5, 0.6) is 0 Å². The van der Waals surface area contributed by atoms with E-state index in [2.05, 4.69) is 31.9 Å². The summed E-state index contributed by atoms with van der Waals surface area (Å²) in [6.45, 7) is 1.49. The van der Waals surface area contributed by atoms with Gasteiger partial charge in [-0.15, -0.1) is 11.3 Å². The van der Waals surface area contributed by atoms with Crippen LogP contribution in [0, 0.1) is 0 Å². The van der Waals surface area contributed by atoms with Crippen molar-refractivity contribution in [2.75, 3.05) is 10.7 Å². The molecule has 6 nitrogen and oxygen atoms in total. The molecule has 1 amide bonds. The van der Waals surface area contributed by atoms with E-state index in [1.54, 1.807) is 6.21 Å². The largest absolute Gasteiger partial charge is 0.361 e. The maximum atomic E-state index is 11.1. The van der Waals surface area contributed by atoms with Crippen molar-refractivity contribution < 1.29 is 4.79 Å². The smallest absolute Gasteiger partial charge is 0.221 e. The van der Waals surface area contributed by atoms with E-state index in [-0.39, 0.29) is 5.91 Å². The molecule has 4 aromatic rings. The molecule has 2 heterocycles. The van der Waals surface area contributed by atoms with Gasteiger partial charge >= 0.3 is 0 Å². The first-order valence-corrected chi connectivity index (χ1v) is 9.26. The summed E-state index contributed by atoms with van der Waals surface area (Å²) in [7, 11) is 0. The minimum atomic E-state index is -0.0871. The van der Waals surface area contributed by atoms with Crippen LogP contribution in [0.15, 0.2) is 65.2 Å². The highest BCUT2D eigenvalue weighted by molar-refractivity contribution is 7.14. The third-order valence-electron chi connectivity index (χ3n) is 3.99. The zero-order valence-electron chi connectivity index (χ0n) is 14.6. The van der Waals surface area contributed by atoms with Crippen LogP contribution in [-0.4, -0.2) is 22.1 Å². The average molecular weight is 375 g/mol. The molecule has 0 spiro atoms. The van der Waals surface area contributed by atoms with Crippen LogP contribution < -0.4 is 10.7 Å². The monoisotopic (exact) mass is 375 g/mol. The van der Waals surface area contributed by atoms with Crippen LogP contribution in [0.2, 0.25) is 0 Å². The van der Waals surface area contributed by atoms with Gasteiger partial charge in [-0.2, -0.15) is 5.10 Å². The quantitative estimate of drug-likeness (QED) is 0.349. The number of carbonyl (C=O) groups excluding carboxylic acids is 1. The summed E-state index contributed by atoms with van der Waals surface area (Å²) in [4.78, 5) is 18.9. The molecule has 0 unspecified atom stereocenters. The van der Waals surface area contributed by atoms with Gasteiger partial charge in [0.15, 0.2) is 0 Å². The second kappa shape index (κ2) is 7.43. The summed E-state index contributed by atoms with van der Waals surface area (Å²) < 4.78 is 0. The molecule has 0 saturated carbocycles. The molecule has 0 saturated heterocycles. The van der Waals surface area contributed by atoms with Gasteiger partial charge in [0.1, 0.15) is 0 Å². The predicted octanol–water partition coefficient (Wildman–Crippen LogP) is 4.70. The van der Waals surface area contributed by atoms with Crippen LogP contribution in [0.3, 0.4) is 0 Å². The Labute approximate surface area is 160 Å². The van der Waals surface area contributed by atoms with E-state index in [9.17, 15) is 4.79 Å². The van der Waals surface area contributed by atoms with E-state index in [0.29, 0.717) is 5.13 Å². The van der Waals surface area contributed by atoms with E-state index in [4.69, 9.17) is 0 Å². The van der Waals surface area contributed by atoms with Gasteiger partial charge in [0.25, 0.3) is 0 Å². The van der Waals surface area contributed by atoms with Gasteiger partial charge < -0.3 is 10.3 Å². The highest BCUT2D eigenvalue weighted by Gasteiger charge is 2.05. The first-order chi connectivity index (χ1) is 13.2. The number of nitrogens with one attached hydrogen (secondary N) is 3. The molecule has 0 atom stereocenters. The zero-order valence-corrected chi connectivity index (χ0v) is 15.4. The molecular formula is C20H17N5OS. The molecule has 0 bridgehead atoms. The van der Waals surface area contributed by atoms with Crippen molar-refractivity contribution in [3.8, 4) is 11.3 Å². The number of anilines is 2. The number of thiazole rings is 1. The Hall–Kier alpha value is -3.45. The average Bonchev–Trinajstić information content (AvgIpc) is 3.30. The second-order valence-electron chi connectivity index (χ2n) is 5.96. The molecule has 134 valence electrons. The minimum Gasteiger partial charge on any atom is -0.361 e. The highest BCUT2D eigenvalue weighted by Crippen LogP contribution is 2.26. The highest BCUT2D eigenvalue weighted by atomic mass is 32.1. The van der Waals surface area contributed by atoms with Crippen molar-refractivity contribution in [1.82, 2.24) is 9.97 Å². The summed E-state index contributed by atoms with van der Waals surface area (Å²) in [5, 5.41) is 10.9. The molecule has 27 heavy (non-hydrogen) atoms. The third-order valence-corrected chi connectivity index (χ3v) is 4.74. The fourth-order valence-corrected chi connectivity index (χ4v) is 3.41. The molecule has 0 aliphatic carbocycles. The number of amides is 1. The van der Waals surface area contributed by atoms with Crippen LogP contribution in [-0.2, 0) is 4.79 Å². The van der Waals surface area contributed by atoms with Gasteiger partial charge in [0.05, 0.1) is 11.9 Å². The molecule has 7 heteroatoms. The molecule has 0 fully saturated rings. The van der Waals surface area contributed by atoms with Gasteiger partial charge in [-0.05, 0) is 18.2 Å². The van der Waals surface area contributed by atoms with Crippen molar-refractivity contribution >= 4 is 45.2 Å². The fraction of sp³-hybridized carbons (Fsp3) is 0.0500. The van der Waals surface area contributed by atoms with Crippen LogP contribution in [0.4, 0.5) is 10.8 Å². The molecule has 0 aliphatic rings. The number of aromatic nitrogens is 2. The summed E-state index contributed by atoms with van der Waals surface area (Å²) in [6.07, 6.45) is 3.71. The number of hydrazone groups is 1. The third kappa shape index (κ3) is 3.88. The number of para-hydroxylation sites is 1. The van der Waals surface area contributed by atoms with E-state index < -0.39 is 0 Å². The number of rotatable bonds is 5.